The minimum atomic E-state index is -0.746. The fourth-order valence-electron chi connectivity index (χ4n) is 0.694. The van der Waals surface area contributed by atoms with Gasteiger partial charge in [0.1, 0.15) is 12.7 Å². The number of cyclic esters (lactones) is 2. The maximum absolute atomic E-state index is 10.4. The number of hydrogen-bond acceptors (Lipinski definition) is 4. The first-order valence-corrected chi connectivity index (χ1v) is 2.97. The molecule has 0 aromatic carbocycles. The van der Waals surface area contributed by atoms with Crippen molar-refractivity contribution < 1.29 is 14.3 Å². The second-order valence-electron chi connectivity index (χ2n) is 2.21. The Hall–Kier alpha value is -1.24. The van der Waals surface area contributed by atoms with Gasteiger partial charge < -0.3 is 9.47 Å². The molecule has 1 aliphatic rings. The van der Waals surface area contributed by atoms with Gasteiger partial charge in [0.25, 0.3) is 0 Å². The molecule has 4 heteroatoms. The summed E-state index contributed by atoms with van der Waals surface area (Å²) < 4.78 is 9.04. The lowest BCUT2D eigenvalue weighted by atomic mass is 10.1. The minimum absolute atomic E-state index is 0.0253. The van der Waals surface area contributed by atoms with Gasteiger partial charge in [0, 0.05) is 5.92 Å². The maximum atomic E-state index is 10.4. The first-order chi connectivity index (χ1) is 4.74. The Bertz CT molecular complexity index is 184. The molecule has 0 aromatic rings. The molecule has 10 heavy (non-hydrogen) atoms. The summed E-state index contributed by atoms with van der Waals surface area (Å²) in [6.45, 7) is 2.07. The molecule has 4 nitrogen and oxygen atoms in total. The standard InChI is InChI=1S/C6H7NO3/c1-4-3-9-6(8)10-5(4)2-7/h4-5H,3H2,1H3. The molecule has 1 heterocycles. The van der Waals surface area contributed by atoms with E-state index >= 15 is 0 Å². The summed E-state index contributed by atoms with van der Waals surface area (Å²) >= 11 is 0. The van der Waals surface area contributed by atoms with Crippen LogP contribution in [0.4, 0.5) is 4.79 Å². The molecule has 0 bridgehead atoms. The Balaban J connectivity index is 2.56. The van der Waals surface area contributed by atoms with Gasteiger partial charge in [0.2, 0.25) is 0 Å². The zero-order valence-electron chi connectivity index (χ0n) is 5.53. The van der Waals surface area contributed by atoms with E-state index in [-0.39, 0.29) is 12.5 Å². The third-order valence-corrected chi connectivity index (χ3v) is 1.33. The van der Waals surface area contributed by atoms with Crippen molar-refractivity contribution >= 4 is 6.16 Å². The van der Waals surface area contributed by atoms with Crippen LogP contribution in [0.25, 0.3) is 0 Å². The van der Waals surface area contributed by atoms with E-state index in [0.29, 0.717) is 0 Å². The van der Waals surface area contributed by atoms with Gasteiger partial charge in [-0.1, -0.05) is 6.92 Å². The van der Waals surface area contributed by atoms with E-state index in [4.69, 9.17) is 5.26 Å². The normalized spacial score (nSPS) is 31.8. The van der Waals surface area contributed by atoms with E-state index in [0.717, 1.165) is 0 Å². The predicted molar refractivity (Wildman–Crippen MR) is 31.0 cm³/mol. The van der Waals surface area contributed by atoms with Crippen molar-refractivity contribution in [3.63, 3.8) is 0 Å². The summed E-state index contributed by atoms with van der Waals surface area (Å²) in [7, 11) is 0. The number of ether oxygens (including phenoxy) is 2. The maximum Gasteiger partial charge on any atom is 0.509 e. The number of rotatable bonds is 0. The lowest BCUT2D eigenvalue weighted by molar-refractivity contribution is -0.0325. The van der Waals surface area contributed by atoms with Gasteiger partial charge in [0.05, 0.1) is 0 Å². The smallest absolute Gasteiger partial charge is 0.434 e. The van der Waals surface area contributed by atoms with Crippen molar-refractivity contribution in [3.05, 3.63) is 0 Å². The molecule has 1 aliphatic heterocycles. The lowest BCUT2D eigenvalue weighted by Gasteiger charge is -2.22. The fourth-order valence-corrected chi connectivity index (χ4v) is 0.694. The second-order valence-corrected chi connectivity index (χ2v) is 2.21. The van der Waals surface area contributed by atoms with Crippen LogP contribution in [0.15, 0.2) is 0 Å². The Morgan fingerprint density at radius 3 is 3.00 bits per heavy atom. The molecule has 0 radical (unpaired) electrons. The molecule has 0 aromatic heterocycles. The van der Waals surface area contributed by atoms with E-state index < -0.39 is 12.3 Å². The average molecular weight is 141 g/mol. The molecule has 2 unspecified atom stereocenters. The first-order valence-electron chi connectivity index (χ1n) is 2.97. The first kappa shape index (κ1) is 6.87. The number of hydrogen-bond donors (Lipinski definition) is 0. The van der Waals surface area contributed by atoms with Crippen LogP contribution in [0.1, 0.15) is 6.92 Å². The van der Waals surface area contributed by atoms with Gasteiger partial charge in [-0.2, -0.15) is 5.26 Å². The van der Waals surface area contributed by atoms with E-state index in [9.17, 15) is 4.79 Å². The molecule has 1 rings (SSSR count). The van der Waals surface area contributed by atoms with Crippen LogP contribution < -0.4 is 0 Å². The minimum Gasteiger partial charge on any atom is -0.434 e. The van der Waals surface area contributed by atoms with Crippen molar-refractivity contribution in [3.8, 4) is 6.07 Å². The van der Waals surface area contributed by atoms with Crippen LogP contribution >= 0.6 is 0 Å². The van der Waals surface area contributed by atoms with Gasteiger partial charge in [0.15, 0.2) is 6.10 Å². The van der Waals surface area contributed by atoms with E-state index in [1.807, 2.05) is 6.07 Å². The van der Waals surface area contributed by atoms with E-state index in [1.165, 1.54) is 0 Å². The summed E-state index contributed by atoms with van der Waals surface area (Å²) in [5.41, 5.74) is 0. The summed E-state index contributed by atoms with van der Waals surface area (Å²) in [4.78, 5) is 10.4. The molecule has 0 N–H and O–H groups in total. The van der Waals surface area contributed by atoms with Crippen LogP contribution in [0.3, 0.4) is 0 Å². The summed E-state index contributed by atoms with van der Waals surface area (Å²) in [5.74, 6) is -0.0253. The highest BCUT2D eigenvalue weighted by molar-refractivity contribution is 5.61. The highest BCUT2D eigenvalue weighted by Crippen LogP contribution is 2.13. The van der Waals surface area contributed by atoms with E-state index in [2.05, 4.69) is 9.47 Å². The van der Waals surface area contributed by atoms with Crippen molar-refractivity contribution in [2.75, 3.05) is 6.61 Å². The highest BCUT2D eigenvalue weighted by atomic mass is 16.7. The van der Waals surface area contributed by atoms with Crippen molar-refractivity contribution in [1.82, 2.24) is 0 Å². The Kier molecular flexibility index (Phi) is 1.76. The third kappa shape index (κ3) is 1.18. The van der Waals surface area contributed by atoms with Gasteiger partial charge >= 0.3 is 6.16 Å². The summed E-state index contributed by atoms with van der Waals surface area (Å²) in [6.07, 6.45) is -1.38. The fraction of sp³-hybridized carbons (Fsp3) is 0.667. The topological polar surface area (TPSA) is 59.3 Å². The SMILES string of the molecule is CC1COC(=O)OC1C#N. The zero-order valence-corrected chi connectivity index (χ0v) is 5.53. The largest absolute Gasteiger partial charge is 0.509 e. The highest BCUT2D eigenvalue weighted by Gasteiger charge is 2.28. The molecular formula is C6H7NO3. The molecular weight excluding hydrogens is 134 g/mol. The Labute approximate surface area is 58.3 Å². The molecule has 0 aliphatic carbocycles. The van der Waals surface area contributed by atoms with Crippen LogP contribution in [-0.2, 0) is 9.47 Å². The number of nitriles is 1. The molecule has 1 fully saturated rings. The van der Waals surface area contributed by atoms with Crippen LogP contribution in [0, 0.1) is 17.2 Å². The summed E-state index contributed by atoms with van der Waals surface area (Å²) in [5, 5.41) is 8.40. The van der Waals surface area contributed by atoms with Crippen LogP contribution in [0.5, 0.6) is 0 Å². The van der Waals surface area contributed by atoms with Gasteiger partial charge in [-0.3, -0.25) is 0 Å². The van der Waals surface area contributed by atoms with Crippen molar-refractivity contribution in [2.45, 2.75) is 13.0 Å². The Morgan fingerprint density at radius 1 is 1.80 bits per heavy atom. The third-order valence-electron chi connectivity index (χ3n) is 1.33. The Morgan fingerprint density at radius 2 is 2.50 bits per heavy atom. The van der Waals surface area contributed by atoms with Gasteiger partial charge in [-0.15, -0.1) is 0 Å². The van der Waals surface area contributed by atoms with Gasteiger partial charge in [-0.25, -0.2) is 4.79 Å². The number of nitrogens with zero attached hydrogens (tertiary/aromatic N) is 1. The monoisotopic (exact) mass is 141 g/mol. The van der Waals surface area contributed by atoms with Crippen LogP contribution in [-0.4, -0.2) is 18.9 Å². The lowest BCUT2D eigenvalue weighted by Crippen LogP contribution is -2.33. The molecule has 2 atom stereocenters. The van der Waals surface area contributed by atoms with Gasteiger partial charge in [-0.05, 0) is 0 Å². The van der Waals surface area contributed by atoms with Crippen molar-refractivity contribution in [1.29, 1.82) is 5.26 Å². The second kappa shape index (κ2) is 2.56. The molecule has 54 valence electrons. The molecule has 0 amide bonds. The molecule has 0 spiro atoms. The predicted octanol–water partition coefficient (Wildman–Crippen LogP) is 0.681. The zero-order chi connectivity index (χ0) is 7.56. The quantitative estimate of drug-likeness (QED) is 0.465. The molecule has 0 saturated carbocycles. The molecule has 1 saturated heterocycles. The van der Waals surface area contributed by atoms with Crippen molar-refractivity contribution in [2.24, 2.45) is 5.92 Å². The van der Waals surface area contributed by atoms with Crippen LogP contribution in [0.2, 0.25) is 0 Å². The average Bonchev–Trinajstić information content (AvgIpc) is 1.94. The summed E-state index contributed by atoms with van der Waals surface area (Å²) in [6, 6.07) is 1.86. The van der Waals surface area contributed by atoms with E-state index in [1.54, 1.807) is 6.92 Å². The number of carbonyl (C=O) groups excluding carboxylic acids is 1. The number of carbonyl (C=O) groups is 1.